The second kappa shape index (κ2) is 5.92. The van der Waals surface area contributed by atoms with Gasteiger partial charge in [0, 0.05) is 32.4 Å². The Bertz CT molecular complexity index is 649. The molecular formula is C14H20N4O3S. The van der Waals surface area contributed by atoms with Crippen molar-refractivity contribution < 1.29 is 13.2 Å². The van der Waals surface area contributed by atoms with Gasteiger partial charge in [0.2, 0.25) is 10.0 Å². The molecule has 2 fully saturated rings. The molecule has 22 heavy (non-hydrogen) atoms. The maximum atomic E-state index is 12.5. The number of carbonyl (C=O) groups is 1. The average molecular weight is 324 g/mol. The van der Waals surface area contributed by atoms with Gasteiger partial charge in [-0.1, -0.05) is 6.92 Å². The predicted octanol–water partition coefficient (Wildman–Crippen LogP) is 0.363. The van der Waals surface area contributed by atoms with Gasteiger partial charge < -0.3 is 4.90 Å². The van der Waals surface area contributed by atoms with E-state index < -0.39 is 10.0 Å². The zero-order chi connectivity index (χ0) is 15.7. The minimum Gasteiger partial charge on any atom is -0.337 e. The standard InChI is InChI=1S/C14H20N4O3S/c1-2-18-9-11-4-7-17(8-5-13(11)22(18,20)21)14(19)12-3-6-15-10-16-12/h3,6,10-11,13H,2,4-5,7-9H2,1H3/t11-,13-/m0/s1. The van der Waals surface area contributed by atoms with E-state index in [-0.39, 0.29) is 17.1 Å². The van der Waals surface area contributed by atoms with Crippen molar-refractivity contribution in [3.63, 3.8) is 0 Å². The minimum atomic E-state index is -3.21. The smallest absolute Gasteiger partial charge is 0.272 e. The summed E-state index contributed by atoms with van der Waals surface area (Å²) >= 11 is 0. The summed E-state index contributed by atoms with van der Waals surface area (Å²) in [5.41, 5.74) is 0.361. The average Bonchev–Trinajstić information content (AvgIpc) is 2.68. The molecule has 1 amide bonds. The largest absolute Gasteiger partial charge is 0.337 e. The number of rotatable bonds is 2. The first-order valence-corrected chi connectivity index (χ1v) is 9.08. The van der Waals surface area contributed by atoms with E-state index in [9.17, 15) is 13.2 Å². The molecule has 0 aromatic carbocycles. The highest BCUT2D eigenvalue weighted by molar-refractivity contribution is 7.90. The summed E-state index contributed by atoms with van der Waals surface area (Å²) in [5, 5.41) is -0.351. The molecule has 1 aromatic heterocycles. The quantitative estimate of drug-likeness (QED) is 0.784. The number of aromatic nitrogens is 2. The Morgan fingerprint density at radius 3 is 2.82 bits per heavy atom. The Labute approximate surface area is 130 Å². The topological polar surface area (TPSA) is 83.5 Å². The van der Waals surface area contributed by atoms with E-state index in [1.807, 2.05) is 6.92 Å². The Morgan fingerprint density at radius 2 is 2.14 bits per heavy atom. The maximum absolute atomic E-state index is 12.5. The number of carbonyl (C=O) groups excluding carboxylic acids is 1. The second-order valence-electron chi connectivity index (χ2n) is 5.76. The third kappa shape index (κ3) is 2.61. The zero-order valence-electron chi connectivity index (χ0n) is 12.6. The first-order chi connectivity index (χ1) is 10.5. The molecule has 2 aliphatic rings. The van der Waals surface area contributed by atoms with Gasteiger partial charge in [0.1, 0.15) is 12.0 Å². The normalized spacial score (nSPS) is 28.1. The van der Waals surface area contributed by atoms with Crippen molar-refractivity contribution in [3.05, 3.63) is 24.3 Å². The van der Waals surface area contributed by atoms with Crippen molar-refractivity contribution in [2.45, 2.75) is 25.0 Å². The summed E-state index contributed by atoms with van der Waals surface area (Å²) in [7, 11) is -3.21. The minimum absolute atomic E-state index is 0.119. The lowest BCUT2D eigenvalue weighted by Gasteiger charge is -2.21. The van der Waals surface area contributed by atoms with E-state index in [2.05, 4.69) is 9.97 Å². The van der Waals surface area contributed by atoms with Crippen molar-refractivity contribution in [1.82, 2.24) is 19.2 Å². The highest BCUT2D eigenvalue weighted by Crippen LogP contribution is 2.34. The summed E-state index contributed by atoms with van der Waals surface area (Å²) in [5.74, 6) is -0.0275. The number of nitrogens with zero attached hydrogens (tertiary/aromatic N) is 4. The zero-order valence-corrected chi connectivity index (χ0v) is 13.4. The molecule has 2 saturated heterocycles. The van der Waals surface area contributed by atoms with Gasteiger partial charge in [0.15, 0.2) is 0 Å². The number of hydrogen-bond acceptors (Lipinski definition) is 5. The molecule has 120 valence electrons. The molecule has 2 atom stereocenters. The molecule has 0 N–H and O–H groups in total. The Morgan fingerprint density at radius 1 is 1.36 bits per heavy atom. The van der Waals surface area contributed by atoms with Crippen LogP contribution in [-0.4, -0.2) is 64.9 Å². The van der Waals surface area contributed by atoms with Crippen LogP contribution in [-0.2, 0) is 10.0 Å². The third-order valence-corrected chi connectivity index (χ3v) is 7.11. The molecule has 3 rings (SSSR count). The Kier molecular flexibility index (Phi) is 4.14. The number of hydrogen-bond donors (Lipinski definition) is 0. The third-order valence-electron chi connectivity index (χ3n) is 4.60. The SMILES string of the molecule is CCN1C[C@@H]2CCN(C(=O)c3ccncn3)CC[C@@H]2S1(=O)=O. The lowest BCUT2D eigenvalue weighted by Crippen LogP contribution is -2.35. The predicted molar refractivity (Wildman–Crippen MR) is 80.6 cm³/mol. The summed E-state index contributed by atoms with van der Waals surface area (Å²) in [6.07, 6.45) is 4.11. The number of fused-ring (bicyclic) bond motifs is 1. The molecule has 0 unspecified atom stereocenters. The van der Waals surface area contributed by atoms with Crippen molar-refractivity contribution in [1.29, 1.82) is 0 Å². The fourth-order valence-electron chi connectivity index (χ4n) is 3.39. The van der Waals surface area contributed by atoms with Gasteiger partial charge in [-0.15, -0.1) is 0 Å². The van der Waals surface area contributed by atoms with Crippen LogP contribution in [0.5, 0.6) is 0 Å². The van der Waals surface area contributed by atoms with E-state index in [0.29, 0.717) is 38.3 Å². The fraction of sp³-hybridized carbons (Fsp3) is 0.643. The van der Waals surface area contributed by atoms with Gasteiger partial charge in [-0.2, -0.15) is 0 Å². The number of amides is 1. The van der Waals surface area contributed by atoms with Crippen LogP contribution in [0.15, 0.2) is 18.6 Å². The molecule has 1 aromatic rings. The van der Waals surface area contributed by atoms with Crippen molar-refractivity contribution in [2.24, 2.45) is 5.92 Å². The van der Waals surface area contributed by atoms with Crippen molar-refractivity contribution in [2.75, 3.05) is 26.2 Å². The highest BCUT2D eigenvalue weighted by atomic mass is 32.2. The second-order valence-corrected chi connectivity index (χ2v) is 7.91. The molecule has 2 aliphatic heterocycles. The fourth-order valence-corrected chi connectivity index (χ4v) is 5.64. The molecule has 0 radical (unpaired) electrons. The van der Waals surface area contributed by atoms with Crippen LogP contribution in [0.2, 0.25) is 0 Å². The molecule has 0 aliphatic carbocycles. The van der Waals surface area contributed by atoms with E-state index in [1.54, 1.807) is 15.3 Å². The molecule has 7 nitrogen and oxygen atoms in total. The maximum Gasteiger partial charge on any atom is 0.272 e. The van der Waals surface area contributed by atoms with Gasteiger partial charge in [-0.25, -0.2) is 22.7 Å². The molecule has 3 heterocycles. The number of sulfonamides is 1. The highest BCUT2D eigenvalue weighted by Gasteiger charge is 2.46. The Hall–Kier alpha value is -1.54. The van der Waals surface area contributed by atoms with E-state index in [4.69, 9.17) is 0 Å². The first-order valence-electron chi connectivity index (χ1n) is 7.58. The van der Waals surface area contributed by atoms with Gasteiger partial charge in [0.25, 0.3) is 5.91 Å². The molecule has 0 saturated carbocycles. The first kappa shape index (κ1) is 15.4. The van der Waals surface area contributed by atoms with Gasteiger partial charge >= 0.3 is 0 Å². The monoisotopic (exact) mass is 324 g/mol. The van der Waals surface area contributed by atoms with Crippen LogP contribution in [0.3, 0.4) is 0 Å². The van der Waals surface area contributed by atoms with Crippen molar-refractivity contribution in [3.8, 4) is 0 Å². The summed E-state index contributed by atoms with van der Waals surface area (Å²) in [6.45, 7) is 4.02. The van der Waals surface area contributed by atoms with Crippen LogP contribution in [0.25, 0.3) is 0 Å². The van der Waals surface area contributed by atoms with Gasteiger partial charge in [-0.3, -0.25) is 4.79 Å². The van der Waals surface area contributed by atoms with Crippen LogP contribution >= 0.6 is 0 Å². The summed E-state index contributed by atoms with van der Waals surface area (Å²) in [4.78, 5) is 21.9. The van der Waals surface area contributed by atoms with E-state index in [0.717, 1.165) is 6.42 Å². The molecule has 8 heteroatoms. The van der Waals surface area contributed by atoms with Crippen LogP contribution in [0.4, 0.5) is 0 Å². The summed E-state index contributed by atoms with van der Waals surface area (Å²) < 4.78 is 26.5. The Balaban J connectivity index is 1.74. The summed E-state index contributed by atoms with van der Waals surface area (Å²) in [6, 6.07) is 1.59. The van der Waals surface area contributed by atoms with Crippen LogP contribution in [0, 0.1) is 5.92 Å². The van der Waals surface area contributed by atoms with E-state index in [1.165, 1.54) is 12.5 Å². The van der Waals surface area contributed by atoms with Crippen LogP contribution in [0.1, 0.15) is 30.3 Å². The lowest BCUT2D eigenvalue weighted by molar-refractivity contribution is 0.0753. The molecule has 0 bridgehead atoms. The molecular weight excluding hydrogens is 304 g/mol. The lowest BCUT2D eigenvalue weighted by atomic mass is 10.0. The van der Waals surface area contributed by atoms with Gasteiger partial charge in [0.05, 0.1) is 5.25 Å². The molecule has 0 spiro atoms. The van der Waals surface area contributed by atoms with Crippen molar-refractivity contribution >= 4 is 15.9 Å². The number of likely N-dealkylation sites (tertiary alicyclic amines) is 1. The van der Waals surface area contributed by atoms with E-state index >= 15 is 0 Å². The van der Waals surface area contributed by atoms with Crippen LogP contribution < -0.4 is 0 Å². The van der Waals surface area contributed by atoms with Gasteiger partial charge in [-0.05, 0) is 24.8 Å².